The summed E-state index contributed by atoms with van der Waals surface area (Å²) in [4.78, 5) is 0. The molecule has 0 unspecified atom stereocenters. The number of aromatic nitrogens is 2. The van der Waals surface area contributed by atoms with Crippen molar-refractivity contribution in [3.8, 4) is 0 Å². The summed E-state index contributed by atoms with van der Waals surface area (Å²) in [5, 5.41) is 7.57. The molecule has 3 nitrogen and oxygen atoms in total. The van der Waals surface area contributed by atoms with Crippen LogP contribution in [0.15, 0.2) is 43.2 Å². The molecule has 0 radical (unpaired) electrons. The van der Waals surface area contributed by atoms with Crippen molar-refractivity contribution < 1.29 is 0 Å². The van der Waals surface area contributed by atoms with Crippen LogP contribution in [0, 0.1) is 6.92 Å². The highest BCUT2D eigenvalue weighted by molar-refractivity contribution is 5.25. The number of hydrogen-bond acceptors (Lipinski definition) is 2. The second kappa shape index (κ2) is 6.17. The first-order valence-electron chi connectivity index (χ1n) is 6.20. The molecule has 1 aromatic heterocycles. The average molecular weight is 241 g/mol. The quantitative estimate of drug-likeness (QED) is 0.788. The van der Waals surface area contributed by atoms with Gasteiger partial charge in [-0.05, 0) is 31.0 Å². The zero-order valence-corrected chi connectivity index (χ0v) is 10.8. The molecule has 94 valence electrons. The van der Waals surface area contributed by atoms with Crippen LogP contribution in [0.2, 0.25) is 0 Å². The van der Waals surface area contributed by atoms with E-state index in [4.69, 9.17) is 0 Å². The molecule has 0 bridgehead atoms. The van der Waals surface area contributed by atoms with Gasteiger partial charge in [0, 0.05) is 24.5 Å². The largest absolute Gasteiger partial charge is 0.312 e. The highest BCUT2D eigenvalue weighted by Gasteiger charge is 1.98. The Morgan fingerprint density at radius 2 is 2.22 bits per heavy atom. The van der Waals surface area contributed by atoms with Crippen LogP contribution in [-0.2, 0) is 13.0 Å². The Balaban J connectivity index is 1.76. The summed E-state index contributed by atoms with van der Waals surface area (Å²) >= 11 is 0. The number of nitrogens with one attached hydrogen (secondary N) is 1. The SMILES string of the molecule is C=Cn1cc(CNCCc2ccccc2C)cn1. The van der Waals surface area contributed by atoms with E-state index in [9.17, 15) is 0 Å². The molecule has 1 heterocycles. The van der Waals surface area contributed by atoms with E-state index in [2.05, 4.69) is 48.2 Å². The standard InChI is InChI=1S/C15H19N3/c1-3-18-12-14(11-17-18)10-16-9-8-15-7-5-4-6-13(15)2/h3-7,11-12,16H,1,8-10H2,2H3. The van der Waals surface area contributed by atoms with Gasteiger partial charge < -0.3 is 5.32 Å². The fourth-order valence-corrected chi connectivity index (χ4v) is 1.91. The van der Waals surface area contributed by atoms with Crippen LogP contribution in [-0.4, -0.2) is 16.3 Å². The van der Waals surface area contributed by atoms with Crippen molar-refractivity contribution in [2.75, 3.05) is 6.54 Å². The summed E-state index contributed by atoms with van der Waals surface area (Å²) in [5.41, 5.74) is 3.95. The first-order chi connectivity index (χ1) is 8.79. The van der Waals surface area contributed by atoms with Crippen LogP contribution < -0.4 is 5.32 Å². The highest BCUT2D eigenvalue weighted by Crippen LogP contribution is 2.07. The molecule has 0 aliphatic rings. The van der Waals surface area contributed by atoms with E-state index >= 15 is 0 Å². The van der Waals surface area contributed by atoms with E-state index in [0.29, 0.717) is 0 Å². The van der Waals surface area contributed by atoms with Gasteiger partial charge in [-0.1, -0.05) is 30.8 Å². The second-order valence-electron chi connectivity index (χ2n) is 4.36. The van der Waals surface area contributed by atoms with Crippen molar-refractivity contribution in [1.29, 1.82) is 0 Å². The van der Waals surface area contributed by atoms with Crippen molar-refractivity contribution in [2.45, 2.75) is 19.9 Å². The lowest BCUT2D eigenvalue weighted by atomic mass is 10.1. The van der Waals surface area contributed by atoms with Gasteiger partial charge in [0.2, 0.25) is 0 Å². The van der Waals surface area contributed by atoms with Crippen molar-refractivity contribution >= 4 is 6.20 Å². The predicted molar refractivity (Wildman–Crippen MR) is 75.2 cm³/mol. The van der Waals surface area contributed by atoms with Crippen molar-refractivity contribution in [3.63, 3.8) is 0 Å². The van der Waals surface area contributed by atoms with Crippen LogP contribution >= 0.6 is 0 Å². The molecule has 0 saturated heterocycles. The first-order valence-corrected chi connectivity index (χ1v) is 6.20. The Bertz CT molecular complexity index is 514. The number of aryl methyl sites for hydroxylation is 1. The summed E-state index contributed by atoms with van der Waals surface area (Å²) in [6, 6.07) is 8.52. The maximum absolute atomic E-state index is 4.14. The number of hydrogen-bond donors (Lipinski definition) is 1. The Morgan fingerprint density at radius 1 is 1.39 bits per heavy atom. The zero-order chi connectivity index (χ0) is 12.8. The van der Waals surface area contributed by atoms with Crippen LogP contribution in [0.3, 0.4) is 0 Å². The van der Waals surface area contributed by atoms with E-state index in [1.807, 2.05) is 12.4 Å². The molecular weight excluding hydrogens is 222 g/mol. The summed E-state index contributed by atoms with van der Waals surface area (Å²) in [7, 11) is 0. The lowest BCUT2D eigenvalue weighted by molar-refractivity contribution is 0.685. The zero-order valence-electron chi connectivity index (χ0n) is 10.8. The maximum Gasteiger partial charge on any atom is 0.0538 e. The van der Waals surface area contributed by atoms with E-state index in [0.717, 1.165) is 19.5 Å². The summed E-state index contributed by atoms with van der Waals surface area (Å²) < 4.78 is 1.72. The molecule has 0 aliphatic carbocycles. The van der Waals surface area contributed by atoms with Gasteiger partial charge >= 0.3 is 0 Å². The van der Waals surface area contributed by atoms with Gasteiger partial charge in [0.1, 0.15) is 0 Å². The van der Waals surface area contributed by atoms with Crippen LogP contribution in [0.25, 0.3) is 6.20 Å². The Labute approximate surface area is 108 Å². The Hall–Kier alpha value is -1.87. The monoisotopic (exact) mass is 241 g/mol. The minimum Gasteiger partial charge on any atom is -0.312 e. The van der Waals surface area contributed by atoms with Crippen LogP contribution in [0.5, 0.6) is 0 Å². The van der Waals surface area contributed by atoms with Gasteiger partial charge in [0.25, 0.3) is 0 Å². The summed E-state index contributed by atoms with van der Waals surface area (Å²) in [6.45, 7) is 7.65. The molecule has 2 aromatic rings. The molecule has 0 amide bonds. The van der Waals surface area contributed by atoms with Crippen molar-refractivity contribution in [1.82, 2.24) is 15.1 Å². The minimum atomic E-state index is 0.847. The lowest BCUT2D eigenvalue weighted by Crippen LogP contribution is -2.16. The van der Waals surface area contributed by atoms with Crippen molar-refractivity contribution in [3.05, 3.63) is 59.9 Å². The third-order valence-corrected chi connectivity index (χ3v) is 3.00. The van der Waals surface area contributed by atoms with Crippen molar-refractivity contribution in [2.24, 2.45) is 0 Å². The lowest BCUT2D eigenvalue weighted by Gasteiger charge is -2.06. The topological polar surface area (TPSA) is 29.9 Å². The van der Waals surface area contributed by atoms with E-state index < -0.39 is 0 Å². The predicted octanol–water partition coefficient (Wildman–Crippen LogP) is 2.62. The summed E-state index contributed by atoms with van der Waals surface area (Å²) in [5.74, 6) is 0. The van der Waals surface area contributed by atoms with Gasteiger partial charge in [0.05, 0.1) is 6.20 Å². The Morgan fingerprint density at radius 3 is 2.94 bits per heavy atom. The first kappa shape index (κ1) is 12.6. The molecule has 1 aromatic carbocycles. The maximum atomic E-state index is 4.14. The van der Waals surface area contributed by atoms with Crippen LogP contribution in [0.4, 0.5) is 0 Å². The normalized spacial score (nSPS) is 10.5. The number of nitrogens with zero attached hydrogens (tertiary/aromatic N) is 2. The molecule has 2 rings (SSSR count). The molecular formula is C15H19N3. The van der Waals surface area contributed by atoms with Gasteiger partial charge in [-0.3, -0.25) is 0 Å². The third-order valence-electron chi connectivity index (χ3n) is 3.00. The molecule has 3 heteroatoms. The molecule has 0 aliphatic heterocycles. The Kier molecular flexibility index (Phi) is 4.31. The van der Waals surface area contributed by atoms with Gasteiger partial charge in [-0.2, -0.15) is 5.10 Å². The minimum absolute atomic E-state index is 0.847. The molecule has 0 fully saturated rings. The van der Waals surface area contributed by atoms with Gasteiger partial charge in [-0.25, -0.2) is 4.68 Å². The second-order valence-corrected chi connectivity index (χ2v) is 4.36. The fraction of sp³-hybridized carbons (Fsp3) is 0.267. The summed E-state index contributed by atoms with van der Waals surface area (Å²) in [6.07, 6.45) is 6.59. The number of benzene rings is 1. The molecule has 0 saturated carbocycles. The van der Waals surface area contributed by atoms with Gasteiger partial charge in [-0.15, -0.1) is 0 Å². The van der Waals surface area contributed by atoms with Crippen LogP contribution in [0.1, 0.15) is 16.7 Å². The average Bonchev–Trinajstić information content (AvgIpc) is 2.84. The third kappa shape index (κ3) is 3.31. The van der Waals surface area contributed by atoms with E-state index in [1.54, 1.807) is 10.9 Å². The molecule has 0 spiro atoms. The molecule has 0 atom stereocenters. The fourth-order valence-electron chi connectivity index (χ4n) is 1.91. The molecule has 18 heavy (non-hydrogen) atoms. The van der Waals surface area contributed by atoms with E-state index in [-0.39, 0.29) is 0 Å². The molecule has 1 N–H and O–H groups in total. The van der Waals surface area contributed by atoms with E-state index in [1.165, 1.54) is 16.7 Å². The van der Waals surface area contributed by atoms with Gasteiger partial charge in [0.15, 0.2) is 0 Å². The smallest absolute Gasteiger partial charge is 0.0538 e. The number of rotatable bonds is 6. The highest BCUT2D eigenvalue weighted by atomic mass is 15.2.